The van der Waals surface area contributed by atoms with Crippen molar-refractivity contribution in [3.63, 3.8) is 0 Å². The van der Waals surface area contributed by atoms with E-state index in [0.29, 0.717) is 19.4 Å². The van der Waals surface area contributed by atoms with Crippen LogP contribution >= 0.6 is 0 Å². The highest BCUT2D eigenvalue weighted by Crippen LogP contribution is 2.25. The molecule has 0 bridgehead atoms. The summed E-state index contributed by atoms with van der Waals surface area (Å²) in [6.45, 7) is 2.57. The van der Waals surface area contributed by atoms with Crippen LogP contribution in [0.1, 0.15) is 41.0 Å². The van der Waals surface area contributed by atoms with Gasteiger partial charge in [-0.2, -0.15) is 0 Å². The summed E-state index contributed by atoms with van der Waals surface area (Å²) in [7, 11) is 0. The van der Waals surface area contributed by atoms with Crippen LogP contribution in [-0.4, -0.2) is 36.4 Å². The van der Waals surface area contributed by atoms with E-state index in [4.69, 9.17) is 11.5 Å². The standard InChI is InChI=1S/C29H34N6O3/c1-20-14-16-21(17-15-20)19-33-26(36)24(13-8-18-32-28(30)35-29(31)38)34-27(37)25(22-9-4-2-5-10-22)23-11-6-3-7-12-23/h2-7,9-12,14-17,24-25H,8,13,18-19H2,1H3,(H,33,36)(H,34,37)(H5,30,31,32,35,38). The molecule has 0 radical (unpaired) electrons. The van der Waals surface area contributed by atoms with Crippen molar-refractivity contribution >= 4 is 23.8 Å². The third kappa shape index (κ3) is 8.77. The number of aryl methyl sites for hydroxylation is 1. The van der Waals surface area contributed by atoms with E-state index in [9.17, 15) is 14.4 Å². The van der Waals surface area contributed by atoms with Crippen LogP contribution in [0.15, 0.2) is 89.9 Å². The zero-order valence-corrected chi connectivity index (χ0v) is 21.4. The predicted molar refractivity (Wildman–Crippen MR) is 148 cm³/mol. The lowest BCUT2D eigenvalue weighted by molar-refractivity contribution is -0.129. The molecule has 3 rings (SSSR count). The van der Waals surface area contributed by atoms with E-state index < -0.39 is 18.0 Å². The number of hydrogen-bond acceptors (Lipinski definition) is 4. The molecule has 1 atom stereocenters. The van der Waals surface area contributed by atoms with E-state index >= 15 is 0 Å². The van der Waals surface area contributed by atoms with E-state index in [-0.39, 0.29) is 24.3 Å². The SMILES string of the molecule is Cc1ccc(CNC(=O)C(CCCN=C(N)NC(N)=O)NC(=O)C(c2ccccc2)c2ccccc2)cc1. The number of aliphatic imine (C=N–C) groups is 1. The largest absolute Gasteiger partial charge is 0.370 e. The minimum atomic E-state index is -0.806. The average Bonchev–Trinajstić information content (AvgIpc) is 2.91. The molecule has 3 aromatic rings. The lowest BCUT2D eigenvalue weighted by atomic mass is 9.90. The van der Waals surface area contributed by atoms with Crippen LogP contribution in [0, 0.1) is 6.92 Å². The molecule has 9 nitrogen and oxygen atoms in total. The van der Waals surface area contributed by atoms with E-state index in [1.807, 2.05) is 91.9 Å². The van der Waals surface area contributed by atoms with Crippen molar-refractivity contribution < 1.29 is 14.4 Å². The first-order valence-corrected chi connectivity index (χ1v) is 12.4. The van der Waals surface area contributed by atoms with Crippen molar-refractivity contribution in [1.29, 1.82) is 0 Å². The number of nitrogens with two attached hydrogens (primary N) is 2. The fourth-order valence-electron chi connectivity index (χ4n) is 3.99. The molecule has 1 unspecified atom stereocenters. The van der Waals surface area contributed by atoms with Gasteiger partial charge in [-0.25, -0.2) is 4.79 Å². The fraction of sp³-hybridized carbons (Fsp3) is 0.241. The van der Waals surface area contributed by atoms with Crippen LogP contribution in [0.2, 0.25) is 0 Å². The Morgan fingerprint density at radius 1 is 0.816 bits per heavy atom. The molecule has 0 spiro atoms. The summed E-state index contributed by atoms with van der Waals surface area (Å²) >= 11 is 0. The van der Waals surface area contributed by atoms with Gasteiger partial charge in [-0.15, -0.1) is 0 Å². The molecule has 38 heavy (non-hydrogen) atoms. The van der Waals surface area contributed by atoms with E-state index in [1.165, 1.54) is 0 Å². The normalized spacial score (nSPS) is 12.0. The quantitative estimate of drug-likeness (QED) is 0.152. The first-order valence-electron chi connectivity index (χ1n) is 12.4. The number of nitrogens with one attached hydrogen (secondary N) is 3. The molecule has 0 heterocycles. The lowest BCUT2D eigenvalue weighted by Gasteiger charge is -2.23. The average molecular weight is 515 g/mol. The summed E-state index contributed by atoms with van der Waals surface area (Å²) in [4.78, 5) is 41.8. The molecule has 0 aliphatic carbocycles. The number of hydrogen-bond donors (Lipinski definition) is 5. The van der Waals surface area contributed by atoms with Crippen LogP contribution < -0.4 is 27.4 Å². The summed E-state index contributed by atoms with van der Waals surface area (Å²) in [5.74, 6) is -1.27. The molecule has 0 saturated heterocycles. The Labute approximate surface area is 222 Å². The van der Waals surface area contributed by atoms with Crippen LogP contribution in [0.5, 0.6) is 0 Å². The third-order valence-corrected chi connectivity index (χ3v) is 5.93. The van der Waals surface area contributed by atoms with Gasteiger partial charge in [0.2, 0.25) is 11.8 Å². The monoisotopic (exact) mass is 514 g/mol. The van der Waals surface area contributed by atoms with Gasteiger partial charge in [-0.3, -0.25) is 19.9 Å². The highest BCUT2D eigenvalue weighted by atomic mass is 16.2. The number of guanidine groups is 1. The van der Waals surface area contributed by atoms with Gasteiger partial charge in [0.05, 0.1) is 5.92 Å². The van der Waals surface area contributed by atoms with Gasteiger partial charge in [-0.05, 0) is 36.5 Å². The number of primary amides is 1. The molecule has 9 heteroatoms. The minimum Gasteiger partial charge on any atom is -0.370 e. The number of carbonyl (C=O) groups excluding carboxylic acids is 3. The zero-order chi connectivity index (χ0) is 27.3. The van der Waals surface area contributed by atoms with Gasteiger partial charge in [0.1, 0.15) is 6.04 Å². The van der Waals surface area contributed by atoms with Crippen molar-refractivity contribution in [2.45, 2.75) is 38.3 Å². The topological polar surface area (TPSA) is 152 Å². The Balaban J connectivity index is 1.75. The summed E-state index contributed by atoms with van der Waals surface area (Å²) in [5.41, 5.74) is 14.4. The summed E-state index contributed by atoms with van der Waals surface area (Å²) in [6, 6.07) is 25.2. The van der Waals surface area contributed by atoms with Crippen molar-refractivity contribution in [3.05, 3.63) is 107 Å². The molecule has 7 N–H and O–H groups in total. The number of nitrogens with zero attached hydrogens (tertiary/aromatic N) is 1. The molecular formula is C29H34N6O3. The van der Waals surface area contributed by atoms with Crippen molar-refractivity contribution in [1.82, 2.24) is 16.0 Å². The fourth-order valence-corrected chi connectivity index (χ4v) is 3.99. The lowest BCUT2D eigenvalue weighted by Crippen LogP contribution is -2.48. The number of urea groups is 1. The first-order chi connectivity index (χ1) is 18.3. The second-order valence-corrected chi connectivity index (χ2v) is 8.92. The molecule has 4 amide bonds. The molecule has 0 saturated carbocycles. The smallest absolute Gasteiger partial charge is 0.318 e. The zero-order valence-electron chi connectivity index (χ0n) is 21.4. The second kappa shape index (κ2) is 14.2. The van der Waals surface area contributed by atoms with E-state index in [2.05, 4.69) is 20.9 Å². The summed E-state index contributed by atoms with van der Waals surface area (Å²) in [6.07, 6.45) is 0.750. The van der Waals surface area contributed by atoms with Gasteiger partial charge >= 0.3 is 6.03 Å². The van der Waals surface area contributed by atoms with Gasteiger partial charge in [0, 0.05) is 13.1 Å². The van der Waals surface area contributed by atoms with Gasteiger partial charge in [0.25, 0.3) is 0 Å². The van der Waals surface area contributed by atoms with Crippen molar-refractivity contribution in [2.24, 2.45) is 16.5 Å². The number of carbonyl (C=O) groups is 3. The van der Waals surface area contributed by atoms with E-state index in [1.54, 1.807) is 0 Å². The molecule has 0 aliphatic heterocycles. The summed E-state index contributed by atoms with van der Waals surface area (Å²) < 4.78 is 0. The highest BCUT2D eigenvalue weighted by Gasteiger charge is 2.27. The maximum absolute atomic E-state index is 13.6. The molecule has 0 aromatic heterocycles. The van der Waals surface area contributed by atoms with Gasteiger partial charge in [-0.1, -0.05) is 90.5 Å². The van der Waals surface area contributed by atoms with E-state index in [0.717, 1.165) is 22.3 Å². The number of rotatable bonds is 11. The number of benzene rings is 3. The van der Waals surface area contributed by atoms with Crippen LogP contribution in [-0.2, 0) is 16.1 Å². The Hall–Kier alpha value is -4.66. The minimum absolute atomic E-state index is 0.102. The van der Waals surface area contributed by atoms with Gasteiger partial charge in [0.15, 0.2) is 5.96 Å². The predicted octanol–water partition coefficient (Wildman–Crippen LogP) is 2.69. The van der Waals surface area contributed by atoms with Crippen molar-refractivity contribution in [2.75, 3.05) is 6.54 Å². The maximum Gasteiger partial charge on any atom is 0.318 e. The highest BCUT2D eigenvalue weighted by molar-refractivity contribution is 5.94. The van der Waals surface area contributed by atoms with Crippen molar-refractivity contribution in [3.8, 4) is 0 Å². The molecule has 0 fully saturated rings. The Kier molecular flexibility index (Phi) is 10.4. The maximum atomic E-state index is 13.6. The second-order valence-electron chi connectivity index (χ2n) is 8.92. The van der Waals surface area contributed by atoms with Crippen LogP contribution in [0.3, 0.4) is 0 Å². The Morgan fingerprint density at radius 2 is 1.39 bits per heavy atom. The molecular weight excluding hydrogens is 480 g/mol. The molecule has 0 aliphatic rings. The first kappa shape index (κ1) is 27.9. The Morgan fingerprint density at radius 3 is 1.95 bits per heavy atom. The van der Waals surface area contributed by atoms with Crippen LogP contribution in [0.25, 0.3) is 0 Å². The number of amides is 4. The summed E-state index contributed by atoms with van der Waals surface area (Å²) in [5, 5.41) is 8.09. The molecule has 198 valence electrons. The Bertz CT molecular complexity index is 1190. The van der Waals surface area contributed by atoms with Crippen LogP contribution in [0.4, 0.5) is 4.79 Å². The van der Waals surface area contributed by atoms with Gasteiger partial charge < -0.3 is 22.1 Å². The molecule has 3 aromatic carbocycles. The third-order valence-electron chi connectivity index (χ3n) is 5.93.